The second-order valence-electron chi connectivity index (χ2n) is 9.60. The molecule has 208 valence electrons. The normalized spacial score (nSPS) is 12.0. The zero-order chi connectivity index (χ0) is 28.4. The van der Waals surface area contributed by atoms with Crippen LogP contribution in [0.2, 0.25) is 0 Å². The van der Waals surface area contributed by atoms with Crippen LogP contribution in [0.5, 0.6) is 0 Å². The van der Waals surface area contributed by atoms with E-state index in [4.69, 9.17) is 0 Å². The van der Waals surface area contributed by atoms with Gasteiger partial charge in [-0.2, -0.15) is 0 Å². The minimum Gasteiger partial charge on any atom is -0.354 e. The van der Waals surface area contributed by atoms with Crippen LogP contribution in [0.15, 0.2) is 78.9 Å². The van der Waals surface area contributed by atoms with Gasteiger partial charge in [-0.25, -0.2) is 12.8 Å². The highest BCUT2D eigenvalue weighted by molar-refractivity contribution is 7.92. The van der Waals surface area contributed by atoms with Crippen molar-refractivity contribution in [2.24, 2.45) is 0 Å². The van der Waals surface area contributed by atoms with E-state index in [2.05, 4.69) is 5.32 Å². The maximum absolute atomic E-state index is 13.9. The number of carbonyl (C=O) groups is 2. The zero-order valence-electron chi connectivity index (χ0n) is 22.6. The Bertz CT molecular complexity index is 1330. The number of nitrogens with zero attached hydrogens (tertiary/aromatic N) is 2. The number of hydrogen-bond acceptors (Lipinski definition) is 4. The molecular formula is C30H36FN3O4S. The fourth-order valence-corrected chi connectivity index (χ4v) is 5.02. The molecule has 0 radical (unpaired) electrons. The van der Waals surface area contributed by atoms with Gasteiger partial charge in [0.25, 0.3) is 0 Å². The molecule has 9 heteroatoms. The summed E-state index contributed by atoms with van der Waals surface area (Å²) in [6, 6.07) is 21.0. The first-order valence-corrected chi connectivity index (χ1v) is 14.8. The number of unbranched alkanes of at least 4 members (excludes halogenated alkanes) is 1. The molecule has 1 N–H and O–H groups in total. The second kappa shape index (κ2) is 13.9. The summed E-state index contributed by atoms with van der Waals surface area (Å²) in [6.07, 6.45) is 2.94. The molecule has 0 aromatic heterocycles. The Morgan fingerprint density at radius 3 is 2.15 bits per heavy atom. The van der Waals surface area contributed by atoms with Gasteiger partial charge in [0.2, 0.25) is 21.8 Å². The number of anilines is 1. The van der Waals surface area contributed by atoms with E-state index < -0.39 is 34.3 Å². The molecule has 0 aliphatic carbocycles. The third-order valence-electron chi connectivity index (χ3n) is 6.37. The van der Waals surface area contributed by atoms with Crippen LogP contribution in [0.25, 0.3) is 0 Å². The van der Waals surface area contributed by atoms with Crippen molar-refractivity contribution in [3.63, 3.8) is 0 Å². The highest BCUT2D eigenvalue weighted by Crippen LogP contribution is 2.21. The van der Waals surface area contributed by atoms with Gasteiger partial charge < -0.3 is 10.2 Å². The number of benzene rings is 3. The molecule has 0 heterocycles. The Kier molecular flexibility index (Phi) is 10.6. The fraction of sp³-hybridized carbons (Fsp3) is 0.333. The van der Waals surface area contributed by atoms with Crippen molar-refractivity contribution in [3.8, 4) is 0 Å². The van der Waals surface area contributed by atoms with Gasteiger partial charge in [-0.1, -0.05) is 73.5 Å². The van der Waals surface area contributed by atoms with Gasteiger partial charge in [-0.05, 0) is 48.7 Å². The van der Waals surface area contributed by atoms with Crippen molar-refractivity contribution in [1.82, 2.24) is 10.2 Å². The molecule has 3 aromatic carbocycles. The molecule has 3 rings (SSSR count). The van der Waals surface area contributed by atoms with Crippen LogP contribution < -0.4 is 9.62 Å². The summed E-state index contributed by atoms with van der Waals surface area (Å²) in [5.74, 6) is -1.37. The maximum atomic E-state index is 13.9. The average molecular weight is 554 g/mol. The number of aryl methyl sites for hydroxylation is 1. The first kappa shape index (κ1) is 29.8. The van der Waals surface area contributed by atoms with Crippen LogP contribution >= 0.6 is 0 Å². The summed E-state index contributed by atoms with van der Waals surface area (Å²) < 4.78 is 39.9. The lowest BCUT2D eigenvalue weighted by molar-refractivity contribution is -0.140. The van der Waals surface area contributed by atoms with Crippen molar-refractivity contribution in [3.05, 3.63) is 101 Å². The number of sulfonamides is 1. The highest BCUT2D eigenvalue weighted by atomic mass is 32.2. The highest BCUT2D eigenvalue weighted by Gasteiger charge is 2.33. The molecule has 0 fully saturated rings. The van der Waals surface area contributed by atoms with Gasteiger partial charge in [0.15, 0.2) is 0 Å². The van der Waals surface area contributed by atoms with Crippen molar-refractivity contribution in [2.75, 3.05) is 23.7 Å². The fourth-order valence-electron chi connectivity index (χ4n) is 4.17. The number of halogens is 1. The Balaban J connectivity index is 2.01. The predicted molar refractivity (Wildman–Crippen MR) is 152 cm³/mol. The summed E-state index contributed by atoms with van der Waals surface area (Å²) in [5, 5.41) is 2.95. The van der Waals surface area contributed by atoms with E-state index in [9.17, 15) is 22.4 Å². The van der Waals surface area contributed by atoms with Crippen molar-refractivity contribution < 1.29 is 22.4 Å². The van der Waals surface area contributed by atoms with E-state index in [1.165, 1.54) is 17.0 Å². The van der Waals surface area contributed by atoms with Crippen molar-refractivity contribution >= 4 is 27.5 Å². The number of carbonyl (C=O) groups excluding carboxylic acids is 2. The Morgan fingerprint density at radius 1 is 0.923 bits per heavy atom. The standard InChI is InChI=1S/C30H36FN3O4S/c1-4-5-19-32-30(36)28(20-24-9-7-6-8-10-24)33(21-25-13-11-23(2)12-14-25)29(35)22-34(39(3,37)38)27-17-15-26(31)16-18-27/h6-18,28H,4-5,19-22H2,1-3H3,(H,32,36)/t28-/m0/s1. The lowest BCUT2D eigenvalue weighted by Gasteiger charge is -2.33. The summed E-state index contributed by atoms with van der Waals surface area (Å²) in [4.78, 5) is 28.9. The molecule has 0 aliphatic heterocycles. The van der Waals surface area contributed by atoms with Crippen molar-refractivity contribution in [2.45, 2.75) is 45.7 Å². The third-order valence-corrected chi connectivity index (χ3v) is 7.51. The molecule has 0 bridgehead atoms. The zero-order valence-corrected chi connectivity index (χ0v) is 23.5. The van der Waals surface area contributed by atoms with E-state index in [1.807, 2.05) is 68.4 Å². The topological polar surface area (TPSA) is 86.8 Å². The molecule has 0 unspecified atom stereocenters. The minimum atomic E-state index is -3.90. The van der Waals surface area contributed by atoms with Crippen LogP contribution in [0.3, 0.4) is 0 Å². The van der Waals surface area contributed by atoms with Gasteiger partial charge in [-0.3, -0.25) is 13.9 Å². The molecular weight excluding hydrogens is 517 g/mol. The van der Waals surface area contributed by atoms with E-state index in [0.29, 0.717) is 6.54 Å². The molecule has 0 saturated carbocycles. The molecule has 0 saturated heterocycles. The average Bonchev–Trinajstić information content (AvgIpc) is 2.91. The number of amides is 2. The van der Waals surface area contributed by atoms with E-state index in [1.54, 1.807) is 0 Å². The van der Waals surface area contributed by atoms with Crippen LogP contribution in [0, 0.1) is 12.7 Å². The smallest absolute Gasteiger partial charge is 0.244 e. The summed E-state index contributed by atoms with van der Waals surface area (Å²) in [6.45, 7) is 4.02. The van der Waals surface area contributed by atoms with E-state index >= 15 is 0 Å². The third kappa shape index (κ3) is 8.92. The monoisotopic (exact) mass is 553 g/mol. The molecule has 39 heavy (non-hydrogen) atoms. The Labute approximate surface area is 230 Å². The second-order valence-corrected chi connectivity index (χ2v) is 11.5. The molecule has 0 spiro atoms. The maximum Gasteiger partial charge on any atom is 0.244 e. The quantitative estimate of drug-likeness (QED) is 0.317. The molecule has 2 amide bonds. The number of rotatable bonds is 13. The summed E-state index contributed by atoms with van der Waals surface area (Å²) in [7, 11) is -3.90. The molecule has 1 atom stereocenters. The lowest BCUT2D eigenvalue weighted by atomic mass is 10.0. The Morgan fingerprint density at radius 2 is 1.56 bits per heavy atom. The number of hydrogen-bond donors (Lipinski definition) is 1. The van der Waals surface area contributed by atoms with Gasteiger partial charge in [0, 0.05) is 19.5 Å². The molecule has 0 aliphatic rings. The lowest BCUT2D eigenvalue weighted by Crippen LogP contribution is -2.53. The van der Waals surface area contributed by atoms with E-state index in [0.717, 1.165) is 52.2 Å². The summed E-state index contributed by atoms with van der Waals surface area (Å²) in [5.41, 5.74) is 2.89. The minimum absolute atomic E-state index is 0.110. The van der Waals surface area contributed by atoms with Gasteiger partial charge in [0.05, 0.1) is 11.9 Å². The van der Waals surface area contributed by atoms with Gasteiger partial charge in [-0.15, -0.1) is 0 Å². The molecule has 3 aromatic rings. The van der Waals surface area contributed by atoms with Crippen LogP contribution in [0.1, 0.15) is 36.5 Å². The summed E-state index contributed by atoms with van der Waals surface area (Å²) >= 11 is 0. The first-order chi connectivity index (χ1) is 18.6. The van der Waals surface area contributed by atoms with Crippen molar-refractivity contribution in [1.29, 1.82) is 0 Å². The van der Waals surface area contributed by atoms with Crippen LogP contribution in [0.4, 0.5) is 10.1 Å². The number of nitrogens with one attached hydrogen (secondary N) is 1. The van der Waals surface area contributed by atoms with Gasteiger partial charge in [0.1, 0.15) is 18.4 Å². The Hall–Kier alpha value is -3.72. The largest absolute Gasteiger partial charge is 0.354 e. The SMILES string of the molecule is CCCCNC(=O)[C@H](Cc1ccccc1)N(Cc1ccc(C)cc1)C(=O)CN(c1ccc(F)cc1)S(C)(=O)=O. The molecule has 7 nitrogen and oxygen atoms in total. The van der Waals surface area contributed by atoms with Gasteiger partial charge >= 0.3 is 0 Å². The first-order valence-electron chi connectivity index (χ1n) is 13.0. The van der Waals surface area contributed by atoms with E-state index in [-0.39, 0.29) is 24.6 Å². The predicted octanol–water partition coefficient (Wildman–Crippen LogP) is 4.46. The van der Waals surface area contributed by atoms with Crippen LogP contribution in [-0.4, -0.2) is 50.5 Å². The van der Waals surface area contributed by atoms with Crippen LogP contribution in [-0.2, 0) is 32.6 Å².